The number of hydrogen-bond acceptors (Lipinski definition) is 5. The van der Waals surface area contributed by atoms with Crippen molar-refractivity contribution in [1.82, 2.24) is 10.2 Å². The molecule has 2 fully saturated rings. The molecule has 0 bridgehead atoms. The molecule has 31 heavy (non-hydrogen) atoms. The zero-order chi connectivity index (χ0) is 22.1. The van der Waals surface area contributed by atoms with Gasteiger partial charge in [0.05, 0.1) is 17.2 Å². The number of nitrogens with one attached hydrogen (secondary N) is 1. The number of carbonyl (C=O) groups excluding carboxylic acids is 2. The van der Waals surface area contributed by atoms with Gasteiger partial charge < -0.3 is 10.2 Å². The number of non-ortho nitro benzene ring substituents is 1. The SMILES string of the molecule is Cc1cc(N2CCCC2)c(F)cc1C=C1NC(=O)N(Cc2ccc([N+](=O)[O-])cc2)C1=O. The first-order valence-electron chi connectivity index (χ1n) is 9.96. The van der Waals surface area contributed by atoms with Crippen molar-refractivity contribution >= 4 is 29.4 Å². The Morgan fingerprint density at radius 2 is 1.84 bits per heavy atom. The second-order valence-corrected chi connectivity index (χ2v) is 7.66. The summed E-state index contributed by atoms with van der Waals surface area (Å²) in [4.78, 5) is 38.3. The second kappa shape index (κ2) is 8.17. The highest BCUT2D eigenvalue weighted by atomic mass is 19.1. The van der Waals surface area contributed by atoms with Gasteiger partial charge in [-0.2, -0.15) is 0 Å². The Balaban J connectivity index is 1.54. The Morgan fingerprint density at radius 1 is 1.16 bits per heavy atom. The lowest BCUT2D eigenvalue weighted by molar-refractivity contribution is -0.384. The van der Waals surface area contributed by atoms with Gasteiger partial charge in [0.2, 0.25) is 0 Å². The van der Waals surface area contributed by atoms with Crippen molar-refractivity contribution in [3.05, 3.63) is 74.7 Å². The summed E-state index contributed by atoms with van der Waals surface area (Å²) in [6.45, 7) is 3.45. The van der Waals surface area contributed by atoms with Gasteiger partial charge in [-0.05, 0) is 54.7 Å². The molecule has 160 valence electrons. The molecule has 0 aliphatic carbocycles. The molecule has 2 saturated heterocycles. The standard InChI is InChI=1S/C22H21FN4O4/c1-14-10-20(25-8-2-3-9-25)18(23)11-16(14)12-19-21(28)26(22(29)24-19)13-15-4-6-17(7-5-15)27(30)31/h4-7,10-12H,2-3,8-9,13H2,1H3,(H,24,29). The van der Waals surface area contributed by atoms with Gasteiger partial charge in [0.25, 0.3) is 11.6 Å². The van der Waals surface area contributed by atoms with Crippen LogP contribution in [0.25, 0.3) is 6.08 Å². The van der Waals surface area contributed by atoms with E-state index in [-0.39, 0.29) is 23.7 Å². The van der Waals surface area contributed by atoms with Crippen LogP contribution in [0.3, 0.4) is 0 Å². The maximum absolute atomic E-state index is 14.7. The number of amides is 3. The van der Waals surface area contributed by atoms with Crippen molar-refractivity contribution < 1.29 is 18.9 Å². The van der Waals surface area contributed by atoms with Crippen LogP contribution < -0.4 is 10.2 Å². The van der Waals surface area contributed by atoms with E-state index in [2.05, 4.69) is 5.32 Å². The molecule has 0 atom stereocenters. The number of imide groups is 1. The lowest BCUT2D eigenvalue weighted by atomic mass is 10.1. The number of aryl methyl sites for hydroxylation is 1. The Morgan fingerprint density at radius 3 is 2.48 bits per heavy atom. The topological polar surface area (TPSA) is 95.8 Å². The molecule has 0 saturated carbocycles. The van der Waals surface area contributed by atoms with Crippen molar-refractivity contribution in [2.45, 2.75) is 26.3 Å². The van der Waals surface area contributed by atoms with E-state index >= 15 is 0 Å². The molecule has 9 heteroatoms. The van der Waals surface area contributed by atoms with Crippen molar-refractivity contribution in [1.29, 1.82) is 0 Å². The van der Waals surface area contributed by atoms with Crippen LogP contribution in [0, 0.1) is 22.9 Å². The van der Waals surface area contributed by atoms with E-state index in [4.69, 9.17) is 0 Å². The summed E-state index contributed by atoms with van der Waals surface area (Å²) < 4.78 is 14.7. The van der Waals surface area contributed by atoms with Crippen molar-refractivity contribution in [2.75, 3.05) is 18.0 Å². The van der Waals surface area contributed by atoms with Crippen molar-refractivity contribution in [3.8, 4) is 0 Å². The molecule has 2 aliphatic rings. The van der Waals surface area contributed by atoms with E-state index in [1.165, 1.54) is 36.4 Å². The van der Waals surface area contributed by atoms with Crippen LogP contribution >= 0.6 is 0 Å². The molecule has 2 aromatic rings. The number of nitrogens with zero attached hydrogens (tertiary/aromatic N) is 3. The van der Waals surface area contributed by atoms with Gasteiger partial charge in [-0.25, -0.2) is 9.18 Å². The van der Waals surface area contributed by atoms with E-state index in [9.17, 15) is 24.1 Å². The number of hydrogen-bond donors (Lipinski definition) is 1. The van der Waals surface area contributed by atoms with Crippen LogP contribution in [-0.2, 0) is 11.3 Å². The molecular weight excluding hydrogens is 403 g/mol. The zero-order valence-corrected chi connectivity index (χ0v) is 16.9. The molecule has 4 rings (SSSR count). The van der Waals surface area contributed by atoms with Crippen LogP contribution in [0.5, 0.6) is 0 Å². The molecule has 1 N–H and O–H groups in total. The molecular formula is C22H21FN4O4. The second-order valence-electron chi connectivity index (χ2n) is 7.66. The van der Waals surface area contributed by atoms with Crippen LogP contribution in [0.2, 0.25) is 0 Å². The minimum Gasteiger partial charge on any atom is -0.369 e. The Bertz CT molecular complexity index is 1090. The first kappa shape index (κ1) is 20.5. The Labute approximate surface area is 178 Å². The molecule has 0 radical (unpaired) electrons. The highest BCUT2D eigenvalue weighted by Crippen LogP contribution is 2.28. The number of carbonyl (C=O) groups is 2. The Kier molecular flexibility index (Phi) is 5.41. The molecule has 2 aliphatic heterocycles. The first-order chi connectivity index (χ1) is 14.8. The number of anilines is 1. The Hall–Kier alpha value is -3.75. The van der Waals surface area contributed by atoms with Gasteiger partial charge in [-0.15, -0.1) is 0 Å². The van der Waals surface area contributed by atoms with Gasteiger partial charge in [0.1, 0.15) is 11.5 Å². The third kappa shape index (κ3) is 4.11. The largest absolute Gasteiger partial charge is 0.369 e. The number of halogens is 1. The van der Waals surface area contributed by atoms with Crippen LogP contribution in [0.1, 0.15) is 29.5 Å². The molecule has 0 unspecified atom stereocenters. The van der Waals surface area contributed by atoms with Crippen LogP contribution in [0.15, 0.2) is 42.1 Å². The summed E-state index contributed by atoms with van der Waals surface area (Å²) in [6, 6.07) is 8.18. The third-order valence-corrected chi connectivity index (χ3v) is 5.53. The summed E-state index contributed by atoms with van der Waals surface area (Å²) in [7, 11) is 0. The van der Waals surface area contributed by atoms with Gasteiger partial charge in [-0.1, -0.05) is 12.1 Å². The minimum absolute atomic E-state index is 0.0265. The predicted molar refractivity (Wildman–Crippen MR) is 113 cm³/mol. The lowest BCUT2D eigenvalue weighted by Crippen LogP contribution is -2.30. The number of rotatable bonds is 5. The average Bonchev–Trinajstić information content (AvgIpc) is 3.35. The minimum atomic E-state index is -0.596. The van der Waals surface area contributed by atoms with Crippen LogP contribution in [0.4, 0.5) is 20.6 Å². The normalized spacial score (nSPS) is 17.5. The fraction of sp³-hybridized carbons (Fsp3) is 0.273. The van der Waals surface area contributed by atoms with Crippen molar-refractivity contribution in [2.24, 2.45) is 0 Å². The average molecular weight is 424 g/mol. The monoisotopic (exact) mass is 424 g/mol. The maximum Gasteiger partial charge on any atom is 0.329 e. The van der Waals surface area contributed by atoms with E-state index in [0.717, 1.165) is 36.4 Å². The summed E-state index contributed by atoms with van der Waals surface area (Å²) in [5.74, 6) is -0.898. The van der Waals surface area contributed by atoms with E-state index in [1.807, 2.05) is 11.8 Å². The predicted octanol–water partition coefficient (Wildman–Crippen LogP) is 3.74. The van der Waals surface area contributed by atoms with Gasteiger partial charge in [-0.3, -0.25) is 19.8 Å². The van der Waals surface area contributed by atoms with E-state index in [0.29, 0.717) is 16.8 Å². The molecule has 0 aromatic heterocycles. The highest BCUT2D eigenvalue weighted by molar-refractivity contribution is 6.14. The smallest absolute Gasteiger partial charge is 0.329 e. The number of nitro groups is 1. The maximum atomic E-state index is 14.7. The number of urea groups is 1. The summed E-state index contributed by atoms with van der Waals surface area (Å²) in [5, 5.41) is 13.3. The first-order valence-corrected chi connectivity index (χ1v) is 9.96. The van der Waals surface area contributed by atoms with Gasteiger partial charge in [0, 0.05) is 25.2 Å². The van der Waals surface area contributed by atoms with Crippen LogP contribution in [-0.4, -0.2) is 34.9 Å². The summed E-state index contributed by atoms with van der Waals surface area (Å²) in [6.07, 6.45) is 3.55. The van der Waals surface area contributed by atoms with E-state index in [1.54, 1.807) is 6.07 Å². The molecule has 2 aromatic carbocycles. The number of nitro benzene ring substituents is 1. The molecule has 0 spiro atoms. The highest BCUT2D eigenvalue weighted by Gasteiger charge is 2.33. The number of benzene rings is 2. The fourth-order valence-corrected chi connectivity index (χ4v) is 3.81. The zero-order valence-electron chi connectivity index (χ0n) is 16.9. The summed E-state index contributed by atoms with van der Waals surface area (Å²) in [5.41, 5.74) is 2.43. The van der Waals surface area contributed by atoms with Crippen molar-refractivity contribution in [3.63, 3.8) is 0 Å². The summed E-state index contributed by atoms with van der Waals surface area (Å²) >= 11 is 0. The van der Waals surface area contributed by atoms with E-state index < -0.39 is 16.9 Å². The van der Waals surface area contributed by atoms with Gasteiger partial charge in [0.15, 0.2) is 0 Å². The molecule has 8 nitrogen and oxygen atoms in total. The fourth-order valence-electron chi connectivity index (χ4n) is 3.81. The quantitative estimate of drug-likeness (QED) is 0.341. The third-order valence-electron chi connectivity index (χ3n) is 5.53. The lowest BCUT2D eigenvalue weighted by Gasteiger charge is -2.19. The molecule has 3 amide bonds. The van der Waals surface area contributed by atoms with Gasteiger partial charge >= 0.3 is 6.03 Å². The molecule has 2 heterocycles.